The summed E-state index contributed by atoms with van der Waals surface area (Å²) in [6.07, 6.45) is 3.01. The zero-order valence-electron chi connectivity index (χ0n) is 15.6. The highest BCUT2D eigenvalue weighted by Gasteiger charge is 2.13. The second kappa shape index (κ2) is 10.4. The second-order valence-electron chi connectivity index (χ2n) is 5.40. The molecule has 8 nitrogen and oxygen atoms in total. The van der Waals surface area contributed by atoms with Gasteiger partial charge in [0.05, 0.1) is 20.4 Å². The monoisotopic (exact) mass is 383 g/mol. The number of amides is 2. The molecule has 2 N–H and O–H groups in total. The third-order valence-corrected chi connectivity index (χ3v) is 3.46. The van der Waals surface area contributed by atoms with Crippen LogP contribution in [0.1, 0.15) is 5.56 Å². The first-order valence-corrected chi connectivity index (χ1v) is 8.27. The lowest BCUT2D eigenvalue weighted by atomic mass is 10.2. The number of rotatable bonds is 8. The summed E-state index contributed by atoms with van der Waals surface area (Å²) >= 11 is 0. The van der Waals surface area contributed by atoms with Crippen molar-refractivity contribution in [2.75, 3.05) is 26.1 Å². The molecule has 0 spiro atoms. The van der Waals surface area contributed by atoms with Crippen LogP contribution in [0.4, 0.5) is 5.69 Å². The predicted octanol–water partition coefficient (Wildman–Crippen LogP) is 2.36. The minimum absolute atomic E-state index is 0.349. The van der Waals surface area contributed by atoms with Gasteiger partial charge in [0.25, 0.3) is 0 Å². The fourth-order valence-corrected chi connectivity index (χ4v) is 2.14. The number of methoxy groups -OCH3 is 2. The summed E-state index contributed by atoms with van der Waals surface area (Å²) in [6, 6.07) is 11.8. The van der Waals surface area contributed by atoms with Crippen LogP contribution in [0.5, 0.6) is 17.2 Å². The number of benzene rings is 2. The van der Waals surface area contributed by atoms with Crippen molar-refractivity contribution in [3.05, 3.63) is 60.7 Å². The van der Waals surface area contributed by atoms with Gasteiger partial charge in [-0.15, -0.1) is 0 Å². The minimum Gasteiger partial charge on any atom is -0.497 e. The molecule has 0 aliphatic carbocycles. The molecule has 2 aromatic rings. The lowest BCUT2D eigenvalue weighted by molar-refractivity contribution is -0.136. The van der Waals surface area contributed by atoms with E-state index in [-0.39, 0.29) is 0 Å². The van der Waals surface area contributed by atoms with Crippen LogP contribution < -0.4 is 25.0 Å². The quantitative estimate of drug-likeness (QED) is 0.316. The van der Waals surface area contributed by atoms with Gasteiger partial charge in [0.1, 0.15) is 12.4 Å². The topological polar surface area (TPSA) is 98.2 Å². The van der Waals surface area contributed by atoms with E-state index < -0.39 is 11.8 Å². The van der Waals surface area contributed by atoms with Gasteiger partial charge in [0, 0.05) is 11.8 Å². The van der Waals surface area contributed by atoms with Crippen molar-refractivity contribution in [3.63, 3.8) is 0 Å². The molecule has 0 aliphatic heterocycles. The number of carbonyl (C=O) groups excluding carboxylic acids is 2. The summed E-state index contributed by atoms with van der Waals surface area (Å²) in [7, 11) is 3.02. The zero-order chi connectivity index (χ0) is 20.4. The Bertz CT molecular complexity index is 880. The number of carbonyl (C=O) groups is 2. The molecule has 0 radical (unpaired) electrons. The van der Waals surface area contributed by atoms with Crippen molar-refractivity contribution >= 4 is 23.7 Å². The SMILES string of the molecule is C=CCOc1ccc(/C=N/NC(=O)C(=O)Nc2cccc(OC)c2)cc1OC. The Morgan fingerprint density at radius 1 is 1.07 bits per heavy atom. The van der Waals surface area contributed by atoms with Crippen LogP contribution >= 0.6 is 0 Å². The first-order valence-electron chi connectivity index (χ1n) is 8.27. The number of hydrogen-bond acceptors (Lipinski definition) is 6. The molecule has 0 saturated heterocycles. The van der Waals surface area contributed by atoms with Crippen LogP contribution in [0.15, 0.2) is 60.2 Å². The Kier molecular flexibility index (Phi) is 7.59. The van der Waals surface area contributed by atoms with Crippen molar-refractivity contribution in [1.29, 1.82) is 0 Å². The maximum Gasteiger partial charge on any atom is 0.329 e. The Hall–Kier alpha value is -3.81. The lowest BCUT2D eigenvalue weighted by Gasteiger charge is -2.09. The normalized spacial score (nSPS) is 10.2. The summed E-state index contributed by atoms with van der Waals surface area (Å²) in [5, 5.41) is 6.24. The smallest absolute Gasteiger partial charge is 0.329 e. The van der Waals surface area contributed by atoms with E-state index in [4.69, 9.17) is 14.2 Å². The third-order valence-electron chi connectivity index (χ3n) is 3.46. The summed E-state index contributed by atoms with van der Waals surface area (Å²) in [4.78, 5) is 23.8. The van der Waals surface area contributed by atoms with E-state index in [1.165, 1.54) is 20.4 Å². The van der Waals surface area contributed by atoms with Crippen molar-refractivity contribution in [2.24, 2.45) is 5.10 Å². The highest BCUT2D eigenvalue weighted by molar-refractivity contribution is 6.39. The molecule has 0 atom stereocenters. The van der Waals surface area contributed by atoms with E-state index in [1.807, 2.05) is 0 Å². The first kappa shape index (κ1) is 20.5. The summed E-state index contributed by atoms with van der Waals surface area (Å²) < 4.78 is 15.8. The van der Waals surface area contributed by atoms with Crippen LogP contribution in [0.2, 0.25) is 0 Å². The lowest BCUT2D eigenvalue weighted by Crippen LogP contribution is -2.32. The minimum atomic E-state index is -0.906. The fourth-order valence-electron chi connectivity index (χ4n) is 2.14. The summed E-state index contributed by atoms with van der Waals surface area (Å²) in [6.45, 7) is 3.94. The summed E-state index contributed by atoms with van der Waals surface area (Å²) in [5.74, 6) is -0.132. The van der Waals surface area contributed by atoms with Crippen molar-refractivity contribution in [2.45, 2.75) is 0 Å². The average molecular weight is 383 g/mol. The standard InChI is InChI=1S/C20H21N3O5/c1-4-10-28-17-9-8-14(11-18(17)27-3)13-21-23-20(25)19(24)22-15-6-5-7-16(12-15)26-2/h4-9,11-13H,1,10H2,2-3H3,(H,22,24)(H,23,25)/b21-13+. The molecular formula is C20H21N3O5. The molecule has 2 amide bonds. The van der Waals surface area contributed by atoms with E-state index in [0.29, 0.717) is 35.1 Å². The molecule has 28 heavy (non-hydrogen) atoms. The van der Waals surface area contributed by atoms with Gasteiger partial charge in [-0.3, -0.25) is 9.59 Å². The van der Waals surface area contributed by atoms with E-state index >= 15 is 0 Å². The van der Waals surface area contributed by atoms with Crippen molar-refractivity contribution in [3.8, 4) is 17.2 Å². The van der Waals surface area contributed by atoms with E-state index in [9.17, 15) is 9.59 Å². The third kappa shape index (κ3) is 5.87. The Morgan fingerprint density at radius 2 is 1.89 bits per heavy atom. The molecule has 2 aromatic carbocycles. The molecule has 146 valence electrons. The Labute approximate surface area is 162 Å². The number of anilines is 1. The van der Waals surface area contributed by atoms with Gasteiger partial charge in [0.2, 0.25) is 0 Å². The van der Waals surface area contributed by atoms with Gasteiger partial charge in [-0.25, -0.2) is 5.43 Å². The summed E-state index contributed by atoms with van der Waals surface area (Å²) in [5.41, 5.74) is 3.25. The Morgan fingerprint density at radius 3 is 2.61 bits per heavy atom. The zero-order valence-corrected chi connectivity index (χ0v) is 15.6. The maximum atomic E-state index is 11.9. The number of ether oxygens (including phenoxy) is 3. The Balaban J connectivity index is 1.94. The number of hydrazone groups is 1. The van der Waals surface area contributed by atoms with Crippen molar-refractivity contribution in [1.82, 2.24) is 5.43 Å². The van der Waals surface area contributed by atoms with Crippen LogP contribution in [0, 0.1) is 0 Å². The molecule has 0 fully saturated rings. The van der Waals surface area contributed by atoms with Crippen LogP contribution in [0.3, 0.4) is 0 Å². The van der Waals surface area contributed by atoms with E-state index in [0.717, 1.165) is 0 Å². The van der Waals surface area contributed by atoms with Gasteiger partial charge in [0.15, 0.2) is 11.5 Å². The molecule has 0 heterocycles. The van der Waals surface area contributed by atoms with E-state index in [1.54, 1.807) is 48.5 Å². The molecule has 8 heteroatoms. The molecule has 0 unspecified atom stereocenters. The molecule has 2 rings (SSSR count). The molecule has 0 bridgehead atoms. The second-order valence-corrected chi connectivity index (χ2v) is 5.40. The highest BCUT2D eigenvalue weighted by Crippen LogP contribution is 2.27. The van der Waals surface area contributed by atoms with Gasteiger partial charge in [-0.1, -0.05) is 18.7 Å². The molecular weight excluding hydrogens is 362 g/mol. The van der Waals surface area contributed by atoms with Gasteiger partial charge < -0.3 is 19.5 Å². The van der Waals surface area contributed by atoms with Crippen molar-refractivity contribution < 1.29 is 23.8 Å². The fraction of sp³-hybridized carbons (Fsp3) is 0.150. The number of nitrogens with zero attached hydrogens (tertiary/aromatic N) is 1. The number of hydrogen-bond donors (Lipinski definition) is 2. The highest BCUT2D eigenvalue weighted by atomic mass is 16.5. The van der Waals surface area contributed by atoms with Crippen LogP contribution in [-0.2, 0) is 9.59 Å². The average Bonchev–Trinajstić information content (AvgIpc) is 2.72. The maximum absolute atomic E-state index is 11.9. The van der Waals surface area contributed by atoms with Crippen LogP contribution in [-0.4, -0.2) is 38.9 Å². The van der Waals surface area contributed by atoms with Gasteiger partial charge in [-0.05, 0) is 35.9 Å². The predicted molar refractivity (Wildman–Crippen MR) is 106 cm³/mol. The van der Waals surface area contributed by atoms with Gasteiger partial charge >= 0.3 is 11.8 Å². The number of nitrogens with one attached hydrogen (secondary N) is 2. The molecule has 0 saturated carbocycles. The van der Waals surface area contributed by atoms with E-state index in [2.05, 4.69) is 22.4 Å². The largest absolute Gasteiger partial charge is 0.497 e. The van der Waals surface area contributed by atoms with Crippen LogP contribution in [0.25, 0.3) is 0 Å². The first-order chi connectivity index (χ1) is 13.6. The van der Waals surface area contributed by atoms with Gasteiger partial charge in [-0.2, -0.15) is 5.10 Å². The molecule has 0 aromatic heterocycles. The molecule has 0 aliphatic rings.